The van der Waals surface area contributed by atoms with E-state index in [9.17, 15) is 19.3 Å². The number of nitrogens with zero attached hydrogens (tertiary/aromatic N) is 1. The smallest absolute Gasteiger partial charge is 0.306 e. The molecule has 2 aromatic carbocycles. The molecule has 126 valence electrons. The van der Waals surface area contributed by atoms with Gasteiger partial charge in [0.2, 0.25) is 11.7 Å². The number of anilines is 1. The van der Waals surface area contributed by atoms with Crippen molar-refractivity contribution in [2.45, 2.75) is 30.9 Å². The number of amides is 1. The number of nitrogens with one attached hydrogen (secondary N) is 1. The molecule has 0 unspecified atom stereocenters. The lowest BCUT2D eigenvalue weighted by molar-refractivity contribution is -0.387. The van der Waals surface area contributed by atoms with E-state index in [1.54, 1.807) is 6.92 Å². The van der Waals surface area contributed by atoms with E-state index in [0.717, 1.165) is 28.2 Å². The first-order chi connectivity index (χ1) is 11.3. The number of hydrogen-bond acceptors (Lipinski definition) is 4. The second-order valence-corrected chi connectivity index (χ2v) is 6.82. The van der Waals surface area contributed by atoms with Gasteiger partial charge in [-0.3, -0.25) is 14.9 Å². The highest BCUT2D eigenvalue weighted by Crippen LogP contribution is 2.28. The average Bonchev–Trinajstić information content (AvgIpc) is 2.51. The molecule has 0 saturated heterocycles. The number of nitro benzene ring substituents is 1. The normalized spacial score (nSPS) is 11.8. The third-order valence-electron chi connectivity index (χ3n) is 3.41. The van der Waals surface area contributed by atoms with Gasteiger partial charge in [-0.05, 0) is 44.5 Å². The zero-order valence-electron chi connectivity index (χ0n) is 13.5. The number of hydrogen-bond donors (Lipinski definition) is 1. The van der Waals surface area contributed by atoms with E-state index in [4.69, 9.17) is 0 Å². The molecule has 0 aromatic heterocycles. The summed E-state index contributed by atoms with van der Waals surface area (Å²) in [5.41, 5.74) is 1.76. The number of benzene rings is 2. The number of carbonyl (C=O) groups is 1. The van der Waals surface area contributed by atoms with E-state index in [1.807, 2.05) is 32.0 Å². The van der Waals surface area contributed by atoms with E-state index in [2.05, 4.69) is 5.32 Å². The van der Waals surface area contributed by atoms with Crippen molar-refractivity contribution in [2.24, 2.45) is 0 Å². The molecule has 2 aromatic rings. The minimum absolute atomic E-state index is 0.196. The number of nitro groups is 1. The molecule has 2 rings (SSSR count). The van der Waals surface area contributed by atoms with Gasteiger partial charge in [0.25, 0.3) is 0 Å². The minimum Gasteiger partial charge on any atom is -0.325 e. The summed E-state index contributed by atoms with van der Waals surface area (Å²) in [4.78, 5) is 23.2. The maximum Gasteiger partial charge on any atom is 0.306 e. The molecule has 0 fully saturated rings. The summed E-state index contributed by atoms with van der Waals surface area (Å²) in [5.74, 6) is -1.24. The second kappa shape index (κ2) is 7.44. The number of halogens is 1. The van der Waals surface area contributed by atoms with Gasteiger partial charge in [-0.25, -0.2) is 0 Å². The van der Waals surface area contributed by atoms with E-state index in [0.29, 0.717) is 0 Å². The Hall–Kier alpha value is -2.41. The molecule has 0 aliphatic heterocycles. The van der Waals surface area contributed by atoms with Crippen molar-refractivity contribution in [1.82, 2.24) is 0 Å². The predicted octanol–water partition coefficient (Wildman–Crippen LogP) is 4.47. The molecule has 7 heteroatoms. The lowest BCUT2D eigenvalue weighted by Gasteiger charge is -2.14. The molecule has 5 nitrogen and oxygen atoms in total. The Morgan fingerprint density at radius 1 is 1.25 bits per heavy atom. The maximum atomic E-state index is 13.3. The minimum atomic E-state index is -0.935. The van der Waals surface area contributed by atoms with Gasteiger partial charge in [-0.15, -0.1) is 11.8 Å². The van der Waals surface area contributed by atoms with Gasteiger partial charge in [-0.1, -0.05) is 17.7 Å². The molecule has 0 spiro atoms. The third kappa shape index (κ3) is 4.32. The summed E-state index contributed by atoms with van der Waals surface area (Å²) in [7, 11) is 0. The molecule has 1 N–H and O–H groups in total. The van der Waals surface area contributed by atoms with Crippen LogP contribution in [0, 0.1) is 29.8 Å². The van der Waals surface area contributed by atoms with Crippen LogP contribution in [0.1, 0.15) is 18.1 Å². The largest absolute Gasteiger partial charge is 0.325 e. The average molecular weight is 348 g/mol. The van der Waals surface area contributed by atoms with Gasteiger partial charge in [0.15, 0.2) is 0 Å². The van der Waals surface area contributed by atoms with Gasteiger partial charge in [0.1, 0.15) is 0 Å². The van der Waals surface area contributed by atoms with E-state index in [-0.39, 0.29) is 11.6 Å². The first-order valence-electron chi connectivity index (χ1n) is 7.26. The number of thioether (sulfide) groups is 1. The number of aryl methyl sites for hydroxylation is 2. The van der Waals surface area contributed by atoms with Crippen LogP contribution in [0.5, 0.6) is 0 Å². The summed E-state index contributed by atoms with van der Waals surface area (Å²) in [6.07, 6.45) is 0. The highest BCUT2D eigenvalue weighted by Gasteiger charge is 2.19. The molecular formula is C17H17FN2O3S. The molecule has 0 bridgehead atoms. The summed E-state index contributed by atoms with van der Waals surface area (Å²) < 4.78 is 13.3. The van der Waals surface area contributed by atoms with Gasteiger partial charge in [0, 0.05) is 16.6 Å². The van der Waals surface area contributed by atoms with Crippen molar-refractivity contribution in [1.29, 1.82) is 0 Å². The lowest BCUT2D eigenvalue weighted by atomic mass is 10.2. The summed E-state index contributed by atoms with van der Waals surface area (Å²) in [5, 5.41) is 12.9. The number of rotatable bonds is 5. The molecule has 0 aliphatic carbocycles. The highest BCUT2D eigenvalue weighted by molar-refractivity contribution is 8.00. The standard InChI is InChI=1S/C17H17FN2O3S/c1-10-4-7-16(11(2)8-10)24-12(3)17(21)19-13-5-6-14(18)15(9-13)20(22)23/h4-9,12H,1-3H3,(H,19,21)/t12-/m0/s1. The Morgan fingerprint density at radius 3 is 2.58 bits per heavy atom. The zero-order chi connectivity index (χ0) is 17.9. The van der Waals surface area contributed by atoms with Gasteiger partial charge < -0.3 is 5.32 Å². The van der Waals surface area contributed by atoms with Crippen LogP contribution in [-0.2, 0) is 4.79 Å². The Labute approximate surface area is 143 Å². The van der Waals surface area contributed by atoms with Gasteiger partial charge >= 0.3 is 5.69 Å². The Kier molecular flexibility index (Phi) is 5.56. The third-order valence-corrected chi connectivity index (χ3v) is 4.69. The fourth-order valence-electron chi connectivity index (χ4n) is 2.15. The van der Waals surface area contributed by atoms with Crippen LogP contribution in [0.3, 0.4) is 0 Å². The van der Waals surface area contributed by atoms with E-state index >= 15 is 0 Å². The number of carbonyl (C=O) groups excluding carboxylic acids is 1. The van der Waals surface area contributed by atoms with Gasteiger partial charge in [0.05, 0.1) is 10.2 Å². The Morgan fingerprint density at radius 2 is 1.96 bits per heavy atom. The Balaban J connectivity index is 2.09. The topological polar surface area (TPSA) is 72.2 Å². The SMILES string of the molecule is Cc1ccc(S[C@@H](C)C(=O)Nc2ccc(F)c([N+](=O)[O-])c2)c(C)c1. The Bertz CT molecular complexity index is 795. The highest BCUT2D eigenvalue weighted by atomic mass is 32.2. The van der Waals surface area contributed by atoms with Crippen LogP contribution in [0.2, 0.25) is 0 Å². The monoisotopic (exact) mass is 348 g/mol. The van der Waals surface area contributed by atoms with Crippen molar-refractivity contribution in [3.8, 4) is 0 Å². The first-order valence-corrected chi connectivity index (χ1v) is 8.14. The lowest BCUT2D eigenvalue weighted by Crippen LogP contribution is -2.22. The summed E-state index contributed by atoms with van der Waals surface area (Å²) in [6.45, 7) is 5.72. The zero-order valence-corrected chi connectivity index (χ0v) is 14.3. The van der Waals surface area contributed by atoms with Crippen molar-refractivity contribution in [2.75, 3.05) is 5.32 Å². The summed E-state index contributed by atoms with van der Waals surface area (Å²) in [6, 6.07) is 9.26. The fraction of sp³-hybridized carbons (Fsp3) is 0.235. The fourth-order valence-corrected chi connectivity index (χ4v) is 3.09. The van der Waals surface area contributed by atoms with Crippen LogP contribution < -0.4 is 5.32 Å². The second-order valence-electron chi connectivity index (χ2n) is 5.44. The van der Waals surface area contributed by atoms with E-state index in [1.165, 1.54) is 17.8 Å². The van der Waals surface area contributed by atoms with Crippen LogP contribution in [-0.4, -0.2) is 16.1 Å². The quantitative estimate of drug-likeness (QED) is 0.491. The summed E-state index contributed by atoms with van der Waals surface area (Å²) >= 11 is 1.40. The molecular weight excluding hydrogens is 331 g/mol. The van der Waals surface area contributed by atoms with Crippen LogP contribution in [0.15, 0.2) is 41.3 Å². The van der Waals surface area contributed by atoms with Crippen molar-refractivity contribution in [3.63, 3.8) is 0 Å². The molecule has 0 radical (unpaired) electrons. The molecule has 24 heavy (non-hydrogen) atoms. The van der Waals surface area contributed by atoms with Crippen molar-refractivity contribution >= 4 is 29.0 Å². The molecule has 0 heterocycles. The van der Waals surface area contributed by atoms with Crippen LogP contribution in [0.4, 0.5) is 15.8 Å². The van der Waals surface area contributed by atoms with Crippen LogP contribution >= 0.6 is 11.8 Å². The van der Waals surface area contributed by atoms with Crippen molar-refractivity contribution in [3.05, 3.63) is 63.5 Å². The first kappa shape index (κ1) is 17.9. The maximum absolute atomic E-state index is 13.3. The van der Waals surface area contributed by atoms with Gasteiger partial charge in [-0.2, -0.15) is 4.39 Å². The predicted molar refractivity (Wildman–Crippen MR) is 92.9 cm³/mol. The molecule has 1 amide bonds. The van der Waals surface area contributed by atoms with E-state index < -0.39 is 21.7 Å². The molecule has 0 aliphatic rings. The van der Waals surface area contributed by atoms with Crippen molar-refractivity contribution < 1.29 is 14.1 Å². The molecule has 0 saturated carbocycles. The molecule has 1 atom stereocenters. The van der Waals surface area contributed by atoms with Crippen LogP contribution in [0.25, 0.3) is 0 Å².